The summed E-state index contributed by atoms with van der Waals surface area (Å²) >= 11 is 0. The molecular formula is C20H21NO5. The molecule has 1 saturated carbocycles. The molecule has 0 aromatic heterocycles. The highest BCUT2D eigenvalue weighted by Crippen LogP contribution is 2.50. The lowest BCUT2D eigenvalue weighted by Gasteiger charge is -2.28. The van der Waals surface area contributed by atoms with Crippen molar-refractivity contribution < 1.29 is 24.9 Å². The molecule has 0 spiro atoms. The number of carbonyl (C=O) groups is 2. The molecule has 0 aliphatic heterocycles. The molecule has 0 heterocycles. The minimum atomic E-state index is -1.05. The Morgan fingerprint density at radius 3 is 1.81 bits per heavy atom. The van der Waals surface area contributed by atoms with Gasteiger partial charge in [0.05, 0.1) is 11.1 Å². The van der Waals surface area contributed by atoms with Crippen molar-refractivity contribution >= 4 is 11.9 Å². The maximum atomic E-state index is 11.7. The summed E-state index contributed by atoms with van der Waals surface area (Å²) in [5, 5.41) is 29.0. The van der Waals surface area contributed by atoms with Crippen LogP contribution in [0.2, 0.25) is 0 Å². The van der Waals surface area contributed by atoms with Crippen LogP contribution < -0.4 is 5.73 Å². The molecule has 0 bridgehead atoms. The first-order valence-corrected chi connectivity index (χ1v) is 8.46. The van der Waals surface area contributed by atoms with Gasteiger partial charge in [-0.3, -0.25) is 0 Å². The summed E-state index contributed by atoms with van der Waals surface area (Å²) < 4.78 is 0. The van der Waals surface area contributed by atoms with E-state index in [-0.39, 0.29) is 41.5 Å². The smallest absolute Gasteiger partial charge is 0.335 e. The molecule has 4 atom stereocenters. The highest BCUT2D eigenvalue weighted by Gasteiger charge is 2.45. The van der Waals surface area contributed by atoms with Gasteiger partial charge in [-0.1, -0.05) is 36.4 Å². The van der Waals surface area contributed by atoms with E-state index < -0.39 is 11.9 Å². The summed E-state index contributed by atoms with van der Waals surface area (Å²) in [6.45, 7) is -0.141. The van der Waals surface area contributed by atoms with Crippen molar-refractivity contribution in [1.82, 2.24) is 0 Å². The van der Waals surface area contributed by atoms with Crippen LogP contribution in [0, 0.1) is 5.92 Å². The minimum absolute atomic E-state index is 0.141. The van der Waals surface area contributed by atoms with Gasteiger partial charge in [0.1, 0.15) is 0 Å². The Kier molecular flexibility index (Phi) is 5.06. The Bertz CT molecular complexity index is 834. The first-order valence-electron chi connectivity index (χ1n) is 8.46. The molecule has 2 aromatic carbocycles. The lowest BCUT2D eigenvalue weighted by molar-refractivity contribution is 0.0682. The predicted molar refractivity (Wildman–Crippen MR) is 95.5 cm³/mol. The van der Waals surface area contributed by atoms with Gasteiger partial charge in [0.15, 0.2) is 0 Å². The van der Waals surface area contributed by atoms with E-state index in [9.17, 15) is 24.9 Å². The third kappa shape index (κ3) is 3.09. The summed E-state index contributed by atoms with van der Waals surface area (Å²) in [4.78, 5) is 23.4. The molecule has 26 heavy (non-hydrogen) atoms. The Morgan fingerprint density at radius 2 is 1.35 bits per heavy atom. The third-order valence-corrected chi connectivity index (χ3v) is 5.27. The largest absolute Gasteiger partial charge is 0.478 e. The van der Waals surface area contributed by atoms with Crippen LogP contribution in [0.5, 0.6) is 0 Å². The van der Waals surface area contributed by atoms with E-state index in [0.29, 0.717) is 17.5 Å². The number of aliphatic hydroxyl groups excluding tert-OH is 1. The van der Waals surface area contributed by atoms with Crippen LogP contribution in [-0.4, -0.2) is 39.9 Å². The SMILES string of the molecule is N[C@@H]1C[C@@H](CO)[C@H](c2ccccc2C(=O)O)[C@H]1c1ccccc1C(=O)O. The van der Waals surface area contributed by atoms with Gasteiger partial charge < -0.3 is 21.1 Å². The van der Waals surface area contributed by atoms with Crippen LogP contribution in [0.4, 0.5) is 0 Å². The Labute approximate surface area is 150 Å². The summed E-state index contributed by atoms with van der Waals surface area (Å²) in [6.07, 6.45) is 0.494. The number of rotatable bonds is 5. The van der Waals surface area contributed by atoms with Crippen molar-refractivity contribution in [3.05, 3.63) is 70.8 Å². The fourth-order valence-electron chi connectivity index (χ4n) is 4.23. The normalized spacial score (nSPS) is 25.2. The average Bonchev–Trinajstić information content (AvgIpc) is 2.97. The predicted octanol–water partition coefficient (Wildman–Crippen LogP) is 2.29. The molecule has 1 aliphatic rings. The number of aromatic carboxylic acids is 2. The zero-order valence-corrected chi connectivity index (χ0v) is 14.1. The number of benzene rings is 2. The van der Waals surface area contributed by atoms with Gasteiger partial charge in [0.2, 0.25) is 0 Å². The van der Waals surface area contributed by atoms with Gasteiger partial charge >= 0.3 is 11.9 Å². The van der Waals surface area contributed by atoms with Crippen molar-refractivity contribution in [2.75, 3.05) is 6.61 Å². The average molecular weight is 355 g/mol. The molecule has 2 aromatic rings. The summed E-state index contributed by atoms with van der Waals surface area (Å²) in [5.74, 6) is -3.10. The second-order valence-electron chi connectivity index (χ2n) is 6.68. The van der Waals surface area contributed by atoms with Gasteiger partial charge in [0.25, 0.3) is 0 Å². The second-order valence-corrected chi connectivity index (χ2v) is 6.68. The number of carboxylic acid groups (broad SMARTS) is 2. The van der Waals surface area contributed by atoms with Crippen molar-refractivity contribution in [3.8, 4) is 0 Å². The van der Waals surface area contributed by atoms with E-state index in [0.717, 1.165) is 0 Å². The monoisotopic (exact) mass is 355 g/mol. The molecule has 0 amide bonds. The van der Waals surface area contributed by atoms with Crippen LogP contribution >= 0.6 is 0 Å². The fourth-order valence-corrected chi connectivity index (χ4v) is 4.23. The second kappa shape index (κ2) is 7.27. The van der Waals surface area contributed by atoms with Gasteiger partial charge in [-0.15, -0.1) is 0 Å². The van der Waals surface area contributed by atoms with E-state index in [4.69, 9.17) is 5.73 Å². The first kappa shape index (κ1) is 18.1. The Hall–Kier alpha value is -2.70. The van der Waals surface area contributed by atoms with Crippen molar-refractivity contribution in [2.24, 2.45) is 11.7 Å². The molecule has 136 valence electrons. The van der Waals surface area contributed by atoms with Gasteiger partial charge in [0, 0.05) is 18.6 Å². The number of nitrogens with two attached hydrogens (primary N) is 1. The van der Waals surface area contributed by atoms with Gasteiger partial charge in [-0.2, -0.15) is 0 Å². The molecule has 0 radical (unpaired) electrons. The number of hydrogen-bond acceptors (Lipinski definition) is 4. The van der Waals surface area contributed by atoms with E-state index in [2.05, 4.69) is 0 Å². The van der Waals surface area contributed by atoms with Crippen LogP contribution in [0.15, 0.2) is 48.5 Å². The standard InChI is InChI=1S/C20H21NO5/c21-16-9-11(10-22)17(12-5-1-3-7-14(12)19(23)24)18(16)13-6-2-4-8-15(13)20(25)26/h1-8,11,16-18,22H,9-10,21H2,(H,23,24)(H,25,26)/t11-,16+,17+,18-/m0/s1. The first-order chi connectivity index (χ1) is 12.5. The van der Waals surface area contributed by atoms with E-state index in [1.807, 2.05) is 0 Å². The van der Waals surface area contributed by atoms with Crippen LogP contribution in [-0.2, 0) is 0 Å². The minimum Gasteiger partial charge on any atom is -0.478 e. The fraction of sp³-hybridized carbons (Fsp3) is 0.300. The quantitative estimate of drug-likeness (QED) is 0.653. The van der Waals surface area contributed by atoms with Gasteiger partial charge in [-0.05, 0) is 41.5 Å². The molecule has 6 nitrogen and oxygen atoms in total. The van der Waals surface area contributed by atoms with Crippen LogP contribution in [0.1, 0.15) is 50.1 Å². The lowest BCUT2D eigenvalue weighted by Crippen LogP contribution is -2.27. The number of carboxylic acids is 2. The van der Waals surface area contributed by atoms with Crippen molar-refractivity contribution in [1.29, 1.82) is 0 Å². The molecule has 6 heteroatoms. The zero-order valence-electron chi connectivity index (χ0n) is 14.1. The van der Waals surface area contributed by atoms with E-state index >= 15 is 0 Å². The highest BCUT2D eigenvalue weighted by molar-refractivity contribution is 5.91. The summed E-state index contributed by atoms with van der Waals surface area (Å²) in [7, 11) is 0. The van der Waals surface area contributed by atoms with E-state index in [1.165, 1.54) is 12.1 Å². The number of aliphatic hydroxyl groups is 1. The topological polar surface area (TPSA) is 121 Å². The number of hydrogen-bond donors (Lipinski definition) is 4. The third-order valence-electron chi connectivity index (χ3n) is 5.27. The van der Waals surface area contributed by atoms with Gasteiger partial charge in [-0.25, -0.2) is 9.59 Å². The molecule has 0 unspecified atom stereocenters. The van der Waals surface area contributed by atoms with Crippen molar-refractivity contribution in [3.63, 3.8) is 0 Å². The molecule has 1 aliphatic carbocycles. The molecule has 0 saturated heterocycles. The lowest BCUT2D eigenvalue weighted by atomic mass is 9.76. The molecular weight excluding hydrogens is 334 g/mol. The van der Waals surface area contributed by atoms with Crippen LogP contribution in [0.25, 0.3) is 0 Å². The Morgan fingerprint density at radius 1 is 0.885 bits per heavy atom. The maximum Gasteiger partial charge on any atom is 0.335 e. The van der Waals surface area contributed by atoms with Crippen molar-refractivity contribution in [2.45, 2.75) is 24.3 Å². The Balaban J connectivity index is 2.18. The maximum absolute atomic E-state index is 11.7. The molecule has 5 N–H and O–H groups in total. The molecule has 1 fully saturated rings. The highest BCUT2D eigenvalue weighted by atomic mass is 16.4. The summed E-state index contributed by atoms with van der Waals surface area (Å²) in [5.41, 5.74) is 7.82. The summed E-state index contributed by atoms with van der Waals surface area (Å²) in [6, 6.07) is 12.9. The van der Waals surface area contributed by atoms with Crippen LogP contribution in [0.3, 0.4) is 0 Å². The van der Waals surface area contributed by atoms with E-state index in [1.54, 1.807) is 36.4 Å². The molecule has 3 rings (SSSR count). The zero-order chi connectivity index (χ0) is 18.8.